The summed E-state index contributed by atoms with van der Waals surface area (Å²) >= 11 is 1.67. The van der Waals surface area contributed by atoms with Gasteiger partial charge in [0, 0.05) is 13.1 Å². The molecule has 2 N–H and O–H groups in total. The number of hydrogen-bond acceptors (Lipinski definition) is 4. The van der Waals surface area contributed by atoms with Crippen LogP contribution in [0.4, 0.5) is 4.79 Å². The van der Waals surface area contributed by atoms with E-state index >= 15 is 0 Å². The van der Waals surface area contributed by atoms with E-state index in [2.05, 4.69) is 32.4 Å². The number of benzene rings is 1. The van der Waals surface area contributed by atoms with Crippen molar-refractivity contribution in [1.29, 1.82) is 0 Å². The van der Waals surface area contributed by atoms with Gasteiger partial charge in [-0.05, 0) is 60.6 Å². The van der Waals surface area contributed by atoms with E-state index in [1.807, 2.05) is 38.4 Å². The van der Waals surface area contributed by atoms with E-state index in [0.29, 0.717) is 13.1 Å². The largest absolute Gasteiger partial charge is 0.497 e. The summed E-state index contributed by atoms with van der Waals surface area (Å²) in [5.74, 6) is 0.840. The van der Waals surface area contributed by atoms with Crippen LogP contribution in [0.15, 0.2) is 41.1 Å². The Balaban J connectivity index is 1.72. The lowest BCUT2D eigenvalue weighted by atomic mass is 10.1. The molecule has 0 saturated carbocycles. The molecule has 2 rings (SSSR count). The number of hydrogen-bond donors (Lipinski definition) is 2. The first-order valence-electron chi connectivity index (χ1n) is 7.93. The number of thiophene rings is 1. The maximum absolute atomic E-state index is 12.0. The highest BCUT2D eigenvalue weighted by Gasteiger charge is 2.15. The molecule has 0 unspecified atom stereocenters. The molecule has 0 spiro atoms. The Kier molecular flexibility index (Phi) is 7.08. The minimum Gasteiger partial charge on any atom is -0.497 e. The summed E-state index contributed by atoms with van der Waals surface area (Å²) in [6.45, 7) is 1.18. The second kappa shape index (κ2) is 9.30. The highest BCUT2D eigenvalue weighted by Crippen LogP contribution is 2.19. The van der Waals surface area contributed by atoms with Crippen molar-refractivity contribution in [3.8, 4) is 5.75 Å². The molecule has 1 aromatic carbocycles. The quantitative estimate of drug-likeness (QED) is 0.772. The third-order valence-electron chi connectivity index (χ3n) is 3.87. The number of nitrogens with one attached hydrogen (secondary N) is 2. The molecule has 6 heteroatoms. The molecule has 24 heavy (non-hydrogen) atoms. The van der Waals surface area contributed by atoms with E-state index in [4.69, 9.17) is 4.74 Å². The lowest BCUT2D eigenvalue weighted by Crippen LogP contribution is -2.41. The Labute approximate surface area is 147 Å². The molecule has 2 amide bonds. The molecule has 0 aliphatic rings. The van der Waals surface area contributed by atoms with Crippen molar-refractivity contribution in [2.75, 3.05) is 34.3 Å². The van der Waals surface area contributed by atoms with E-state index in [1.54, 1.807) is 18.4 Å². The lowest BCUT2D eigenvalue weighted by molar-refractivity contribution is 0.233. The third-order valence-corrected chi connectivity index (χ3v) is 4.57. The van der Waals surface area contributed by atoms with Crippen LogP contribution in [0, 0.1) is 0 Å². The Hall–Kier alpha value is -2.05. The van der Waals surface area contributed by atoms with Gasteiger partial charge in [-0.15, -0.1) is 0 Å². The van der Waals surface area contributed by atoms with Gasteiger partial charge in [0.05, 0.1) is 13.2 Å². The summed E-state index contributed by atoms with van der Waals surface area (Å²) in [5.41, 5.74) is 2.39. The maximum atomic E-state index is 12.0. The maximum Gasteiger partial charge on any atom is 0.314 e. The molecule has 5 nitrogen and oxygen atoms in total. The topological polar surface area (TPSA) is 53.6 Å². The Bertz CT molecular complexity index is 612. The molecule has 0 aliphatic carbocycles. The van der Waals surface area contributed by atoms with Crippen LogP contribution in [-0.4, -0.2) is 45.2 Å². The number of carbonyl (C=O) groups is 1. The van der Waals surface area contributed by atoms with Crippen molar-refractivity contribution >= 4 is 17.4 Å². The standard InChI is InChI=1S/C18H25N3O2S/c1-21(2)17(15-9-11-24-13-15)12-20-18(22)19-10-8-14-4-6-16(23-3)7-5-14/h4-7,9,11,13,17H,8,10,12H2,1-3H3,(H2,19,20,22)/t17-/m1/s1. The fourth-order valence-electron chi connectivity index (χ4n) is 2.43. The van der Waals surface area contributed by atoms with Gasteiger partial charge < -0.3 is 20.3 Å². The van der Waals surface area contributed by atoms with Gasteiger partial charge in [-0.1, -0.05) is 12.1 Å². The highest BCUT2D eigenvalue weighted by atomic mass is 32.1. The van der Waals surface area contributed by atoms with Crippen molar-refractivity contribution in [1.82, 2.24) is 15.5 Å². The minimum absolute atomic E-state index is 0.134. The predicted molar refractivity (Wildman–Crippen MR) is 98.8 cm³/mol. The van der Waals surface area contributed by atoms with Crippen LogP contribution in [0.3, 0.4) is 0 Å². The van der Waals surface area contributed by atoms with Crippen molar-refractivity contribution < 1.29 is 9.53 Å². The second-order valence-corrected chi connectivity index (χ2v) is 6.55. The van der Waals surface area contributed by atoms with Crippen LogP contribution in [0.1, 0.15) is 17.2 Å². The summed E-state index contributed by atoms with van der Waals surface area (Å²) in [6, 6.07) is 10.0. The Morgan fingerprint density at radius 1 is 1.21 bits per heavy atom. The van der Waals surface area contributed by atoms with E-state index in [0.717, 1.165) is 12.2 Å². The molecule has 1 atom stereocenters. The monoisotopic (exact) mass is 347 g/mol. The summed E-state index contributed by atoms with van der Waals surface area (Å²) < 4.78 is 5.13. The smallest absolute Gasteiger partial charge is 0.314 e. The van der Waals surface area contributed by atoms with Gasteiger partial charge in [0.15, 0.2) is 0 Å². The first kappa shape index (κ1) is 18.3. The molecular formula is C18H25N3O2S. The van der Waals surface area contributed by atoms with Crippen molar-refractivity contribution in [2.24, 2.45) is 0 Å². The summed E-state index contributed by atoms with van der Waals surface area (Å²) in [5, 5.41) is 10.0. The second-order valence-electron chi connectivity index (χ2n) is 5.77. The molecule has 130 valence electrons. The van der Waals surface area contributed by atoms with Crippen LogP contribution in [0.5, 0.6) is 5.75 Å². The van der Waals surface area contributed by atoms with Crippen molar-refractivity contribution in [2.45, 2.75) is 12.5 Å². The highest BCUT2D eigenvalue weighted by molar-refractivity contribution is 7.07. The van der Waals surface area contributed by atoms with Crippen molar-refractivity contribution in [3.05, 3.63) is 52.2 Å². The van der Waals surface area contributed by atoms with Crippen LogP contribution >= 0.6 is 11.3 Å². The van der Waals surface area contributed by atoms with Crippen LogP contribution in [-0.2, 0) is 6.42 Å². The average Bonchev–Trinajstić information content (AvgIpc) is 3.09. The molecule has 2 aromatic rings. The molecule has 0 radical (unpaired) electrons. The van der Waals surface area contributed by atoms with E-state index in [-0.39, 0.29) is 12.1 Å². The van der Waals surface area contributed by atoms with E-state index in [1.165, 1.54) is 11.1 Å². The van der Waals surface area contributed by atoms with Gasteiger partial charge in [-0.25, -0.2) is 4.79 Å². The predicted octanol–water partition coefficient (Wildman–Crippen LogP) is 2.90. The zero-order valence-electron chi connectivity index (χ0n) is 14.4. The zero-order chi connectivity index (χ0) is 17.4. The van der Waals surface area contributed by atoms with E-state index in [9.17, 15) is 4.79 Å². The van der Waals surface area contributed by atoms with Gasteiger partial charge in [0.1, 0.15) is 5.75 Å². The summed E-state index contributed by atoms with van der Waals surface area (Å²) in [7, 11) is 5.69. The van der Waals surface area contributed by atoms with Gasteiger partial charge in [-0.3, -0.25) is 0 Å². The zero-order valence-corrected chi connectivity index (χ0v) is 15.2. The van der Waals surface area contributed by atoms with Crippen LogP contribution in [0.2, 0.25) is 0 Å². The van der Waals surface area contributed by atoms with Crippen molar-refractivity contribution in [3.63, 3.8) is 0 Å². The van der Waals surface area contributed by atoms with E-state index < -0.39 is 0 Å². The number of methoxy groups -OCH3 is 1. The fourth-order valence-corrected chi connectivity index (χ4v) is 3.13. The van der Waals surface area contributed by atoms with Gasteiger partial charge in [0.25, 0.3) is 0 Å². The van der Waals surface area contributed by atoms with Gasteiger partial charge in [0.2, 0.25) is 0 Å². The number of amides is 2. The first-order valence-corrected chi connectivity index (χ1v) is 8.87. The normalized spacial score (nSPS) is 12.0. The summed E-state index contributed by atoms with van der Waals surface area (Å²) in [4.78, 5) is 14.1. The van der Waals surface area contributed by atoms with Crippen LogP contribution < -0.4 is 15.4 Å². The number of urea groups is 1. The molecular weight excluding hydrogens is 322 g/mol. The lowest BCUT2D eigenvalue weighted by Gasteiger charge is -2.24. The fraction of sp³-hybridized carbons (Fsp3) is 0.389. The SMILES string of the molecule is COc1ccc(CCNC(=O)NC[C@H](c2ccsc2)N(C)C)cc1. The average molecular weight is 347 g/mol. The molecule has 0 fully saturated rings. The molecule has 1 heterocycles. The first-order chi connectivity index (χ1) is 11.6. The number of nitrogens with zero attached hydrogens (tertiary/aromatic N) is 1. The number of ether oxygens (including phenoxy) is 1. The number of likely N-dealkylation sites (N-methyl/N-ethyl adjacent to an activating group) is 1. The molecule has 0 saturated heterocycles. The number of rotatable bonds is 8. The molecule has 0 bridgehead atoms. The molecule has 0 aliphatic heterocycles. The Morgan fingerprint density at radius 3 is 2.54 bits per heavy atom. The summed E-state index contributed by atoms with van der Waals surface area (Å²) in [6.07, 6.45) is 0.791. The Morgan fingerprint density at radius 2 is 1.96 bits per heavy atom. The van der Waals surface area contributed by atoms with Gasteiger partial charge >= 0.3 is 6.03 Å². The van der Waals surface area contributed by atoms with Gasteiger partial charge in [-0.2, -0.15) is 11.3 Å². The molecule has 1 aromatic heterocycles. The van der Waals surface area contributed by atoms with Crippen LogP contribution in [0.25, 0.3) is 0 Å². The number of carbonyl (C=O) groups excluding carboxylic acids is 1. The third kappa shape index (κ3) is 5.54. The minimum atomic E-state index is -0.134.